The minimum atomic E-state index is -3.91. The van der Waals surface area contributed by atoms with Gasteiger partial charge in [0.15, 0.2) is 4.60 Å². The van der Waals surface area contributed by atoms with E-state index in [0.717, 1.165) is 4.68 Å². The number of aromatic nitrogens is 5. The fourth-order valence-electron chi connectivity index (χ4n) is 1.47. The summed E-state index contributed by atoms with van der Waals surface area (Å²) in [4.78, 5) is 7.91. The fraction of sp³-hybridized carbons (Fsp3) is 0.333. The van der Waals surface area contributed by atoms with Gasteiger partial charge in [-0.3, -0.25) is 0 Å². The maximum Gasteiger partial charge on any atom is 0.284 e. The van der Waals surface area contributed by atoms with Crippen molar-refractivity contribution < 1.29 is 13.2 Å². The summed E-state index contributed by atoms with van der Waals surface area (Å²) >= 11 is 3.03. The van der Waals surface area contributed by atoms with Crippen LogP contribution in [0.1, 0.15) is 5.69 Å². The Kier molecular flexibility index (Phi) is 3.90. The lowest BCUT2D eigenvalue weighted by atomic mass is 10.4. The van der Waals surface area contributed by atoms with E-state index >= 15 is 0 Å². The van der Waals surface area contributed by atoms with Crippen molar-refractivity contribution in [2.75, 3.05) is 11.8 Å². The molecule has 0 aliphatic rings. The lowest BCUT2D eigenvalue weighted by Gasteiger charge is -2.08. The van der Waals surface area contributed by atoms with Crippen molar-refractivity contribution in [2.24, 2.45) is 7.05 Å². The summed E-state index contributed by atoms with van der Waals surface area (Å²) in [6.45, 7) is 1.70. The molecule has 0 unspecified atom stereocenters. The molecule has 2 heterocycles. The van der Waals surface area contributed by atoms with Gasteiger partial charge >= 0.3 is 0 Å². The van der Waals surface area contributed by atoms with Crippen LogP contribution < -0.4 is 9.46 Å². The second kappa shape index (κ2) is 5.32. The zero-order valence-electron chi connectivity index (χ0n) is 10.8. The van der Waals surface area contributed by atoms with E-state index in [1.807, 2.05) is 0 Å². The van der Waals surface area contributed by atoms with Crippen LogP contribution in [-0.4, -0.2) is 40.5 Å². The number of nitrogens with zero attached hydrogens (tertiary/aromatic N) is 5. The van der Waals surface area contributed by atoms with Crippen molar-refractivity contribution >= 4 is 31.9 Å². The van der Waals surface area contributed by atoms with E-state index in [1.54, 1.807) is 13.0 Å². The smallest absolute Gasteiger partial charge is 0.284 e. The molecular formula is C9H11BrN6O3S. The number of ether oxygens (including phenoxy) is 1. The third kappa shape index (κ3) is 2.88. The number of aryl methyl sites for hydroxylation is 2. The number of hydrogen-bond donors (Lipinski definition) is 1. The number of anilines is 1. The van der Waals surface area contributed by atoms with Crippen LogP contribution in [0.3, 0.4) is 0 Å². The summed E-state index contributed by atoms with van der Waals surface area (Å²) in [6, 6.07) is 1.58. The van der Waals surface area contributed by atoms with Gasteiger partial charge in [-0.1, -0.05) is 5.21 Å². The molecule has 2 aromatic heterocycles. The van der Waals surface area contributed by atoms with Crippen molar-refractivity contribution in [1.29, 1.82) is 0 Å². The summed E-state index contributed by atoms with van der Waals surface area (Å²) in [5.41, 5.74) is 0.566. The third-order valence-corrected chi connectivity index (χ3v) is 4.47. The zero-order chi connectivity index (χ0) is 14.9. The Morgan fingerprint density at radius 1 is 1.40 bits per heavy atom. The first-order chi connectivity index (χ1) is 9.33. The molecule has 0 amide bonds. The Hall–Kier alpha value is -1.75. The highest BCUT2D eigenvalue weighted by Gasteiger charge is 2.25. The van der Waals surface area contributed by atoms with Gasteiger partial charge in [-0.25, -0.2) is 14.4 Å². The number of rotatable bonds is 4. The minimum absolute atomic E-state index is 0.0880. The SMILES string of the molecule is COc1cc(C)nc(NS(=O)(=O)c2c(Br)nnn2C)n1. The van der Waals surface area contributed by atoms with Gasteiger partial charge in [0.1, 0.15) is 0 Å². The molecule has 0 aliphatic carbocycles. The van der Waals surface area contributed by atoms with Gasteiger partial charge in [-0.05, 0) is 22.9 Å². The molecule has 2 aromatic rings. The zero-order valence-corrected chi connectivity index (χ0v) is 13.2. The fourth-order valence-corrected chi connectivity index (χ4v) is 3.51. The monoisotopic (exact) mass is 362 g/mol. The van der Waals surface area contributed by atoms with E-state index in [1.165, 1.54) is 14.2 Å². The Labute approximate surface area is 123 Å². The molecule has 0 saturated carbocycles. The summed E-state index contributed by atoms with van der Waals surface area (Å²) in [5.74, 6) is 0.173. The highest BCUT2D eigenvalue weighted by molar-refractivity contribution is 9.10. The van der Waals surface area contributed by atoms with Crippen LogP contribution in [0.15, 0.2) is 15.7 Å². The van der Waals surface area contributed by atoms with Crippen LogP contribution in [0.2, 0.25) is 0 Å². The molecule has 20 heavy (non-hydrogen) atoms. The molecule has 0 aromatic carbocycles. The van der Waals surface area contributed by atoms with Gasteiger partial charge in [0, 0.05) is 18.8 Å². The van der Waals surface area contributed by atoms with Crippen LogP contribution >= 0.6 is 15.9 Å². The van der Waals surface area contributed by atoms with Crippen molar-refractivity contribution in [3.05, 3.63) is 16.4 Å². The van der Waals surface area contributed by atoms with Crippen molar-refractivity contribution in [3.63, 3.8) is 0 Å². The van der Waals surface area contributed by atoms with Gasteiger partial charge in [-0.2, -0.15) is 13.4 Å². The summed E-state index contributed by atoms with van der Waals surface area (Å²) in [7, 11) is -1.02. The van der Waals surface area contributed by atoms with Crippen LogP contribution in [0.25, 0.3) is 0 Å². The molecule has 1 N–H and O–H groups in total. The maximum atomic E-state index is 12.3. The van der Waals surface area contributed by atoms with E-state index in [4.69, 9.17) is 4.74 Å². The molecule has 0 atom stereocenters. The molecule has 0 fully saturated rings. The Morgan fingerprint density at radius 3 is 2.65 bits per heavy atom. The quantitative estimate of drug-likeness (QED) is 0.841. The molecule has 0 bridgehead atoms. The Morgan fingerprint density at radius 2 is 2.10 bits per heavy atom. The van der Waals surface area contributed by atoms with Crippen LogP contribution in [-0.2, 0) is 17.1 Å². The average molecular weight is 363 g/mol. The number of methoxy groups -OCH3 is 1. The number of nitrogens with one attached hydrogen (secondary N) is 1. The molecule has 11 heteroatoms. The molecule has 0 saturated heterocycles. The lowest BCUT2D eigenvalue weighted by Crippen LogP contribution is -2.19. The van der Waals surface area contributed by atoms with Gasteiger partial charge in [0.25, 0.3) is 10.0 Å². The van der Waals surface area contributed by atoms with Crippen molar-refractivity contribution in [1.82, 2.24) is 25.0 Å². The molecule has 2 rings (SSSR count). The van der Waals surface area contributed by atoms with Gasteiger partial charge < -0.3 is 4.74 Å². The van der Waals surface area contributed by atoms with Gasteiger partial charge in [0.2, 0.25) is 16.9 Å². The number of hydrogen-bond acceptors (Lipinski definition) is 7. The van der Waals surface area contributed by atoms with Crippen molar-refractivity contribution in [3.8, 4) is 5.88 Å². The minimum Gasteiger partial charge on any atom is -0.481 e. The number of sulfonamides is 1. The van der Waals surface area contributed by atoms with Crippen LogP contribution in [0.4, 0.5) is 5.95 Å². The first-order valence-electron chi connectivity index (χ1n) is 5.31. The summed E-state index contributed by atoms with van der Waals surface area (Å²) in [5, 5.41) is 7.11. The standard InChI is InChI=1S/C9H11BrN6O3S/c1-5-4-6(19-3)12-9(11-5)14-20(17,18)8-7(10)13-15-16(8)2/h4H,1-3H3,(H,11,12,14). The molecule has 0 radical (unpaired) electrons. The summed E-state index contributed by atoms with van der Waals surface area (Å²) in [6.07, 6.45) is 0. The molecule has 108 valence electrons. The molecule has 0 aliphatic heterocycles. The normalized spacial score (nSPS) is 11.4. The maximum absolute atomic E-state index is 12.3. The van der Waals surface area contributed by atoms with Crippen molar-refractivity contribution in [2.45, 2.75) is 11.9 Å². The Bertz CT molecular complexity index is 725. The highest BCUT2D eigenvalue weighted by atomic mass is 79.9. The topological polar surface area (TPSA) is 112 Å². The van der Waals surface area contributed by atoms with E-state index in [-0.39, 0.29) is 21.5 Å². The first kappa shape index (κ1) is 14.7. The van der Waals surface area contributed by atoms with Crippen LogP contribution in [0, 0.1) is 6.92 Å². The first-order valence-corrected chi connectivity index (χ1v) is 7.59. The second-order valence-electron chi connectivity index (χ2n) is 3.79. The third-order valence-electron chi connectivity index (χ3n) is 2.26. The van der Waals surface area contributed by atoms with E-state index < -0.39 is 10.0 Å². The summed E-state index contributed by atoms with van der Waals surface area (Å²) < 4.78 is 33.0. The largest absolute Gasteiger partial charge is 0.481 e. The van der Waals surface area contributed by atoms with Gasteiger partial charge in [-0.15, -0.1) is 5.10 Å². The molecule has 0 spiro atoms. The van der Waals surface area contributed by atoms with E-state index in [9.17, 15) is 8.42 Å². The van der Waals surface area contributed by atoms with Crippen LogP contribution in [0.5, 0.6) is 5.88 Å². The molecular weight excluding hydrogens is 352 g/mol. The van der Waals surface area contributed by atoms with E-state index in [0.29, 0.717) is 5.69 Å². The lowest BCUT2D eigenvalue weighted by molar-refractivity contribution is 0.397. The second-order valence-corrected chi connectivity index (χ2v) is 6.14. The number of halogens is 1. The molecule has 9 nitrogen and oxygen atoms in total. The average Bonchev–Trinajstić information content (AvgIpc) is 2.68. The highest BCUT2D eigenvalue weighted by Crippen LogP contribution is 2.21. The predicted molar refractivity (Wildman–Crippen MR) is 72.8 cm³/mol. The van der Waals surface area contributed by atoms with E-state index in [2.05, 4.69) is 40.9 Å². The van der Waals surface area contributed by atoms with Gasteiger partial charge in [0.05, 0.1) is 7.11 Å². The predicted octanol–water partition coefficient (Wildman–Crippen LogP) is 0.485. The Balaban J connectivity index is 2.41.